The van der Waals surface area contributed by atoms with Crippen molar-refractivity contribution >= 4 is 193 Å². The predicted octanol–water partition coefficient (Wildman–Crippen LogP) is 31.1. The van der Waals surface area contributed by atoms with Gasteiger partial charge in [-0.2, -0.15) is 0 Å². The summed E-state index contributed by atoms with van der Waals surface area (Å²) in [6.07, 6.45) is 0. The number of rotatable bonds is 7. The number of furan rings is 2. The number of hydrogen-bond donors (Lipinski definition) is 0. The van der Waals surface area contributed by atoms with Crippen molar-refractivity contribution in [3.8, 4) is 77.9 Å². The van der Waals surface area contributed by atoms with Gasteiger partial charge in [0, 0.05) is 67.3 Å². The predicted molar refractivity (Wildman–Crippen MR) is 465 cm³/mol. The first-order valence-corrected chi connectivity index (χ1v) is 38.7. The van der Waals surface area contributed by atoms with Gasteiger partial charge in [-0.15, -0.1) is 22.7 Å². The largest absolute Gasteiger partial charge is 0.455 e. The first kappa shape index (κ1) is 59.9. The molecule has 2 nitrogen and oxygen atoms in total. The third kappa shape index (κ3) is 8.93. The van der Waals surface area contributed by atoms with Gasteiger partial charge in [0.05, 0.1) is 0 Å². The normalized spacial score (nSPS) is 12.3. The summed E-state index contributed by atoms with van der Waals surface area (Å²) < 4.78 is 18.5. The molecule has 0 bridgehead atoms. The first-order valence-electron chi connectivity index (χ1n) is 37.1. The monoisotopic (exact) mass is 1400 g/mol. The summed E-state index contributed by atoms with van der Waals surface area (Å²) in [6, 6.07) is 132. The van der Waals surface area contributed by atoms with Crippen molar-refractivity contribution in [2.24, 2.45) is 0 Å². The Balaban J connectivity index is 0.613. The van der Waals surface area contributed by atoms with Gasteiger partial charge in [-0.3, -0.25) is 0 Å². The van der Waals surface area contributed by atoms with Crippen LogP contribution in [0.2, 0.25) is 0 Å². The molecule has 108 heavy (non-hydrogen) atoms. The molecule has 24 aromatic rings. The van der Waals surface area contributed by atoms with Gasteiger partial charge < -0.3 is 8.83 Å². The van der Waals surface area contributed by atoms with E-state index in [2.05, 4.69) is 346 Å². The third-order valence-electron chi connectivity index (χ3n) is 23.3. The van der Waals surface area contributed by atoms with Crippen LogP contribution >= 0.6 is 22.7 Å². The first-order chi connectivity index (χ1) is 53.5. The minimum atomic E-state index is 0.926. The molecule has 0 amide bonds. The summed E-state index contributed by atoms with van der Waals surface area (Å²) in [7, 11) is 0. The summed E-state index contributed by atoms with van der Waals surface area (Å²) in [6.45, 7) is 0. The van der Waals surface area contributed by atoms with E-state index < -0.39 is 0 Å². The molecule has 0 fully saturated rings. The van der Waals surface area contributed by atoms with E-state index in [-0.39, 0.29) is 0 Å². The standard InChI is InChI=1S/C104H58O2S2/c1-3-15-60(16-4-1)95-77-20-7-9-22-79(77)97(73-35-33-63-51-62(29-31-66(63)54-73)68-38-42-75-72(53-68)41-46-86-101-94(108-104(75)86)49-47-83-76-19-11-13-25-90(76)105-103(83)101)81-43-39-70(57-88(81)95)71-40-44-82-89(58-71)96(61-17-5-2-6-18-61)78-21-8-10-23-80(78)98(82)74-36-34-64-52-65(30-32-67(64)55-74)69-28-27-59-37-45-85-99-91(106-102(85)87(59)56-69)48-50-93-100(99)84-24-12-14-26-92(84)107-93/h1-58H. The van der Waals surface area contributed by atoms with Crippen molar-refractivity contribution < 1.29 is 8.83 Å². The number of fused-ring (bicyclic) bond motifs is 24. The summed E-state index contributed by atoms with van der Waals surface area (Å²) in [5, 5.41) is 29.1. The molecule has 0 radical (unpaired) electrons. The van der Waals surface area contributed by atoms with Gasteiger partial charge in [-0.25, -0.2) is 0 Å². The van der Waals surface area contributed by atoms with E-state index in [4.69, 9.17) is 8.83 Å². The molecular weight excluding hydrogens is 1350 g/mol. The minimum absolute atomic E-state index is 0.926. The maximum absolute atomic E-state index is 6.85. The van der Waals surface area contributed by atoms with Crippen molar-refractivity contribution in [1.29, 1.82) is 0 Å². The molecule has 0 aliphatic carbocycles. The Morgan fingerprint density at radius 1 is 0.167 bits per heavy atom. The van der Waals surface area contributed by atoms with E-state index in [9.17, 15) is 0 Å². The van der Waals surface area contributed by atoms with Crippen molar-refractivity contribution in [2.45, 2.75) is 0 Å². The topological polar surface area (TPSA) is 26.3 Å². The fourth-order valence-electron chi connectivity index (χ4n) is 18.4. The molecule has 0 saturated carbocycles. The smallest absolute Gasteiger partial charge is 0.144 e. The van der Waals surface area contributed by atoms with Crippen LogP contribution in [0.1, 0.15) is 0 Å². The Morgan fingerprint density at radius 2 is 0.556 bits per heavy atom. The Hall–Kier alpha value is -13.5. The zero-order valence-electron chi connectivity index (χ0n) is 58.1. The van der Waals surface area contributed by atoms with Crippen LogP contribution in [0, 0.1) is 0 Å². The van der Waals surface area contributed by atoms with Crippen LogP contribution in [0.4, 0.5) is 0 Å². The molecule has 0 N–H and O–H groups in total. The molecule has 0 aliphatic heterocycles. The molecule has 0 atom stereocenters. The highest BCUT2D eigenvalue weighted by molar-refractivity contribution is 7.27. The lowest BCUT2D eigenvalue weighted by Crippen LogP contribution is -1.93. The molecule has 0 saturated heterocycles. The molecule has 24 rings (SSSR count). The zero-order chi connectivity index (χ0) is 70.4. The quantitative estimate of drug-likeness (QED) is 0.149. The number of thiophene rings is 2. The van der Waals surface area contributed by atoms with Gasteiger partial charge in [-0.05, 0) is 250 Å². The molecule has 498 valence electrons. The van der Waals surface area contributed by atoms with Crippen LogP contribution in [0.25, 0.3) is 248 Å². The Labute approximate surface area is 627 Å². The van der Waals surface area contributed by atoms with Crippen molar-refractivity contribution in [3.63, 3.8) is 0 Å². The summed E-state index contributed by atoms with van der Waals surface area (Å²) >= 11 is 3.71. The van der Waals surface area contributed by atoms with Crippen molar-refractivity contribution in [2.75, 3.05) is 0 Å². The molecule has 4 heteroatoms. The average molecular weight is 1400 g/mol. The lowest BCUT2D eigenvalue weighted by molar-refractivity contribution is 0.672. The van der Waals surface area contributed by atoms with Crippen LogP contribution in [0.3, 0.4) is 0 Å². The maximum Gasteiger partial charge on any atom is 0.144 e. The summed E-state index contributed by atoms with van der Waals surface area (Å²) in [5.41, 5.74) is 20.5. The SMILES string of the molecule is c1ccc(-c2c3ccccc3c(-c3ccc4cc(-c5ccc6c(ccc7c6sc6ccc8c9ccccc9oc8c67)c5)ccc4c3)c3ccc(-c4ccc5c(-c6ccc7cc(-c8ccc9ccc%10c(oc%11ccc%12sc%13ccccc%13c%12c%11%10)c9c8)ccc7c6)c6ccccc6c(-c6ccccc6)c5c4)cc23)cc1. The second-order valence-corrected chi connectivity index (χ2v) is 31.3. The highest BCUT2D eigenvalue weighted by Gasteiger charge is 2.24. The van der Waals surface area contributed by atoms with Gasteiger partial charge >= 0.3 is 0 Å². The molecule has 20 aromatic carbocycles. The van der Waals surface area contributed by atoms with E-state index in [0.717, 1.165) is 60.6 Å². The van der Waals surface area contributed by atoms with Crippen LogP contribution in [-0.2, 0) is 0 Å². The van der Waals surface area contributed by atoms with Gasteiger partial charge in [-0.1, -0.05) is 261 Å². The summed E-state index contributed by atoms with van der Waals surface area (Å²) in [5.74, 6) is 0. The van der Waals surface area contributed by atoms with E-state index in [1.807, 2.05) is 28.7 Å². The fraction of sp³-hybridized carbons (Fsp3) is 0. The number of benzene rings is 20. The van der Waals surface area contributed by atoms with Gasteiger partial charge in [0.25, 0.3) is 0 Å². The Bertz CT molecular complexity index is 8050. The molecule has 4 heterocycles. The number of hydrogen-bond acceptors (Lipinski definition) is 4. The minimum Gasteiger partial charge on any atom is -0.455 e. The Kier molecular flexibility index (Phi) is 12.8. The Morgan fingerprint density at radius 3 is 1.16 bits per heavy atom. The number of para-hydroxylation sites is 1. The lowest BCUT2D eigenvalue weighted by atomic mass is 9.83. The van der Waals surface area contributed by atoms with E-state index in [0.29, 0.717) is 0 Å². The van der Waals surface area contributed by atoms with Gasteiger partial charge in [0.2, 0.25) is 0 Å². The average Bonchev–Trinajstić information content (AvgIpc) is 0.825. The van der Waals surface area contributed by atoms with Gasteiger partial charge in [0.15, 0.2) is 0 Å². The second-order valence-electron chi connectivity index (χ2n) is 29.2. The van der Waals surface area contributed by atoms with Crippen LogP contribution in [0.15, 0.2) is 361 Å². The molecule has 4 aromatic heterocycles. The zero-order valence-corrected chi connectivity index (χ0v) is 59.8. The highest BCUT2D eigenvalue weighted by atomic mass is 32.1. The molecule has 0 unspecified atom stereocenters. The second kappa shape index (κ2) is 23.0. The molecule has 0 spiro atoms. The third-order valence-corrected chi connectivity index (χ3v) is 25.7. The van der Waals surface area contributed by atoms with Crippen molar-refractivity contribution in [1.82, 2.24) is 0 Å². The molecular formula is C104H58O2S2. The highest BCUT2D eigenvalue weighted by Crippen LogP contribution is 2.52. The van der Waals surface area contributed by atoms with Crippen molar-refractivity contribution in [3.05, 3.63) is 352 Å². The fourth-order valence-corrected chi connectivity index (χ4v) is 20.7. The summed E-state index contributed by atoms with van der Waals surface area (Å²) in [4.78, 5) is 0. The van der Waals surface area contributed by atoms with Crippen LogP contribution in [0.5, 0.6) is 0 Å². The lowest BCUT2D eigenvalue weighted by Gasteiger charge is -2.20. The maximum atomic E-state index is 6.85. The van der Waals surface area contributed by atoms with E-state index in [1.165, 1.54) is 188 Å². The van der Waals surface area contributed by atoms with Gasteiger partial charge in [0.1, 0.15) is 22.3 Å². The van der Waals surface area contributed by atoms with E-state index >= 15 is 0 Å². The molecule has 0 aliphatic rings. The van der Waals surface area contributed by atoms with Crippen LogP contribution in [-0.4, -0.2) is 0 Å². The van der Waals surface area contributed by atoms with Crippen LogP contribution < -0.4 is 0 Å². The van der Waals surface area contributed by atoms with E-state index in [1.54, 1.807) is 0 Å².